The Labute approximate surface area is 56.2 Å². The molecule has 0 amide bonds. The normalized spacial score (nSPS) is 14.6. The zero-order valence-corrected chi connectivity index (χ0v) is 6.40. The van der Waals surface area contributed by atoms with Crippen LogP contribution in [0.3, 0.4) is 0 Å². The molecule has 0 saturated heterocycles. The van der Waals surface area contributed by atoms with Gasteiger partial charge < -0.3 is 0 Å². The third kappa shape index (κ3) is 4.41. The molecule has 0 radical (unpaired) electrons. The Kier molecular flexibility index (Phi) is 4.29. The Hall–Kier alpha value is 0.250. The second kappa shape index (κ2) is 4.16. The summed E-state index contributed by atoms with van der Waals surface area (Å²) in [5.74, 6) is 0.670. The van der Waals surface area contributed by atoms with Gasteiger partial charge in [0, 0.05) is 0 Å². The number of hydrogen-bond donors (Lipinski definition) is 0. The zero-order chi connectivity index (χ0) is 6.57. The maximum Gasteiger partial charge on any atom is 0.0765 e. The molecule has 0 saturated carbocycles. The third-order valence-electron chi connectivity index (χ3n) is 0.955. The SMILES string of the molecule is CC(C)CC(C)OCl. The molecule has 0 heterocycles. The van der Waals surface area contributed by atoms with E-state index in [0.717, 1.165) is 6.42 Å². The first-order valence-electron chi connectivity index (χ1n) is 2.94. The van der Waals surface area contributed by atoms with E-state index in [2.05, 4.69) is 18.1 Å². The summed E-state index contributed by atoms with van der Waals surface area (Å²) in [6.45, 7) is 6.26. The summed E-state index contributed by atoms with van der Waals surface area (Å²) < 4.78 is 4.53. The summed E-state index contributed by atoms with van der Waals surface area (Å²) in [5, 5.41) is 0. The first-order valence-corrected chi connectivity index (χ1v) is 3.25. The summed E-state index contributed by atoms with van der Waals surface area (Å²) >= 11 is 5.10. The second-order valence-electron chi connectivity index (χ2n) is 2.53. The van der Waals surface area contributed by atoms with E-state index >= 15 is 0 Å². The van der Waals surface area contributed by atoms with Crippen molar-refractivity contribution in [3.8, 4) is 0 Å². The highest BCUT2D eigenvalue weighted by Crippen LogP contribution is 2.07. The molecule has 0 aliphatic rings. The second-order valence-corrected chi connectivity index (χ2v) is 2.71. The van der Waals surface area contributed by atoms with Crippen LogP contribution in [0.25, 0.3) is 0 Å². The van der Waals surface area contributed by atoms with Crippen molar-refractivity contribution in [1.82, 2.24) is 0 Å². The fourth-order valence-electron chi connectivity index (χ4n) is 0.700. The van der Waals surface area contributed by atoms with Gasteiger partial charge in [-0.2, -0.15) is 0 Å². The van der Waals surface area contributed by atoms with Gasteiger partial charge in [0.2, 0.25) is 0 Å². The Bertz CT molecular complexity index is 54.5. The topological polar surface area (TPSA) is 9.23 Å². The van der Waals surface area contributed by atoms with Gasteiger partial charge in [0.1, 0.15) is 0 Å². The lowest BCUT2D eigenvalue weighted by molar-refractivity contribution is 0.213. The molecule has 0 fully saturated rings. The monoisotopic (exact) mass is 136 g/mol. The zero-order valence-electron chi connectivity index (χ0n) is 5.65. The lowest BCUT2D eigenvalue weighted by Gasteiger charge is -2.08. The van der Waals surface area contributed by atoms with Gasteiger partial charge in [-0.25, -0.2) is 0 Å². The van der Waals surface area contributed by atoms with Crippen LogP contribution in [0, 0.1) is 5.92 Å². The fourth-order valence-corrected chi connectivity index (χ4v) is 0.773. The molecule has 0 rings (SSSR count). The van der Waals surface area contributed by atoms with Crippen LogP contribution in [0.5, 0.6) is 0 Å². The number of halogens is 1. The van der Waals surface area contributed by atoms with Crippen LogP contribution in [0.2, 0.25) is 0 Å². The smallest absolute Gasteiger partial charge is 0.0765 e. The van der Waals surface area contributed by atoms with Gasteiger partial charge in [0.15, 0.2) is 0 Å². The molecule has 0 N–H and O–H groups in total. The molecule has 0 bridgehead atoms. The van der Waals surface area contributed by atoms with Crippen molar-refractivity contribution in [2.75, 3.05) is 0 Å². The Morgan fingerprint density at radius 1 is 1.38 bits per heavy atom. The first-order chi connectivity index (χ1) is 3.66. The van der Waals surface area contributed by atoms with Gasteiger partial charge in [-0.3, -0.25) is 4.29 Å². The molecule has 1 atom stereocenters. The minimum atomic E-state index is 0.191. The summed E-state index contributed by atoms with van der Waals surface area (Å²) in [6.07, 6.45) is 1.22. The van der Waals surface area contributed by atoms with Gasteiger partial charge in [0.05, 0.1) is 18.0 Å². The van der Waals surface area contributed by atoms with E-state index in [1.165, 1.54) is 0 Å². The van der Waals surface area contributed by atoms with Crippen LogP contribution in [0.4, 0.5) is 0 Å². The summed E-state index contributed by atoms with van der Waals surface area (Å²) in [6, 6.07) is 0. The quantitative estimate of drug-likeness (QED) is 0.580. The van der Waals surface area contributed by atoms with E-state index in [-0.39, 0.29) is 6.10 Å². The minimum Gasteiger partial charge on any atom is -0.276 e. The van der Waals surface area contributed by atoms with Gasteiger partial charge in [0.25, 0.3) is 0 Å². The average Bonchev–Trinajstić information content (AvgIpc) is 1.65. The van der Waals surface area contributed by atoms with Gasteiger partial charge in [-0.05, 0) is 19.3 Å². The van der Waals surface area contributed by atoms with Crippen molar-refractivity contribution in [3.63, 3.8) is 0 Å². The van der Waals surface area contributed by atoms with Gasteiger partial charge >= 0.3 is 0 Å². The van der Waals surface area contributed by atoms with Crippen LogP contribution in [0.15, 0.2) is 0 Å². The number of hydrogen-bond acceptors (Lipinski definition) is 1. The molecule has 0 aliphatic carbocycles. The summed E-state index contributed by atoms with van der Waals surface area (Å²) in [7, 11) is 0. The molecule has 1 nitrogen and oxygen atoms in total. The molecule has 0 aromatic carbocycles. The molecule has 8 heavy (non-hydrogen) atoms. The molecular weight excluding hydrogens is 124 g/mol. The van der Waals surface area contributed by atoms with Crippen LogP contribution in [-0.2, 0) is 4.29 Å². The highest BCUT2D eigenvalue weighted by atomic mass is 35.5. The molecular formula is C6H13ClO. The minimum absolute atomic E-state index is 0.191. The fraction of sp³-hybridized carbons (Fsp3) is 1.00. The summed E-state index contributed by atoms with van der Waals surface area (Å²) in [5.41, 5.74) is 0. The van der Waals surface area contributed by atoms with E-state index in [1.54, 1.807) is 0 Å². The molecule has 1 unspecified atom stereocenters. The van der Waals surface area contributed by atoms with Crippen molar-refractivity contribution in [1.29, 1.82) is 0 Å². The lowest BCUT2D eigenvalue weighted by atomic mass is 10.1. The first kappa shape index (κ1) is 8.25. The standard InChI is InChI=1S/C6H13ClO/c1-5(2)4-6(3)8-7/h5-6H,4H2,1-3H3. The van der Waals surface area contributed by atoms with Crippen molar-refractivity contribution in [2.24, 2.45) is 5.92 Å². The van der Waals surface area contributed by atoms with E-state index < -0.39 is 0 Å². The van der Waals surface area contributed by atoms with Crippen molar-refractivity contribution < 1.29 is 4.29 Å². The van der Waals surface area contributed by atoms with Crippen LogP contribution < -0.4 is 0 Å². The molecule has 0 aliphatic heterocycles. The predicted molar refractivity (Wildman–Crippen MR) is 35.9 cm³/mol. The summed E-state index contributed by atoms with van der Waals surface area (Å²) in [4.78, 5) is 0. The van der Waals surface area contributed by atoms with Crippen molar-refractivity contribution in [2.45, 2.75) is 33.3 Å². The van der Waals surface area contributed by atoms with Crippen molar-refractivity contribution in [3.05, 3.63) is 0 Å². The highest BCUT2D eigenvalue weighted by Gasteiger charge is 2.02. The van der Waals surface area contributed by atoms with Crippen molar-refractivity contribution >= 4 is 11.9 Å². The molecule has 2 heteroatoms. The highest BCUT2D eigenvalue weighted by molar-refractivity contribution is 6.07. The van der Waals surface area contributed by atoms with Crippen LogP contribution in [0.1, 0.15) is 27.2 Å². The number of rotatable bonds is 3. The van der Waals surface area contributed by atoms with E-state index in [4.69, 9.17) is 11.9 Å². The van der Waals surface area contributed by atoms with E-state index in [0.29, 0.717) is 5.92 Å². The molecule has 0 aromatic heterocycles. The lowest BCUT2D eigenvalue weighted by Crippen LogP contribution is -2.05. The van der Waals surface area contributed by atoms with Gasteiger partial charge in [-0.15, -0.1) is 0 Å². The van der Waals surface area contributed by atoms with E-state index in [9.17, 15) is 0 Å². The van der Waals surface area contributed by atoms with Crippen LogP contribution >= 0.6 is 11.9 Å². The Balaban J connectivity index is 3.10. The maximum atomic E-state index is 5.10. The predicted octanol–water partition coefficient (Wildman–Crippen LogP) is 2.59. The average molecular weight is 137 g/mol. The third-order valence-corrected chi connectivity index (χ3v) is 1.26. The largest absolute Gasteiger partial charge is 0.276 e. The molecule has 0 spiro atoms. The Morgan fingerprint density at radius 3 is 2.00 bits per heavy atom. The van der Waals surface area contributed by atoms with Crippen LogP contribution in [-0.4, -0.2) is 6.10 Å². The maximum absolute atomic E-state index is 5.10. The molecule has 0 aromatic rings. The molecule has 50 valence electrons. The van der Waals surface area contributed by atoms with Gasteiger partial charge in [-0.1, -0.05) is 13.8 Å². The Morgan fingerprint density at radius 2 is 1.88 bits per heavy atom. The van der Waals surface area contributed by atoms with E-state index in [1.807, 2.05) is 6.92 Å².